The van der Waals surface area contributed by atoms with E-state index in [4.69, 9.17) is 12.2 Å². The predicted molar refractivity (Wildman–Crippen MR) is 110 cm³/mol. The fourth-order valence-electron chi connectivity index (χ4n) is 3.57. The molecule has 1 aromatic carbocycles. The lowest BCUT2D eigenvalue weighted by atomic mass is 10.0. The molecule has 9 nitrogen and oxygen atoms in total. The third-order valence-corrected chi connectivity index (χ3v) is 5.01. The number of carbonyl (C=O) groups is 1. The second-order valence-corrected chi connectivity index (χ2v) is 6.84. The molecule has 2 aliphatic rings. The molecule has 9 heteroatoms. The number of hydrazone groups is 1. The van der Waals surface area contributed by atoms with Gasteiger partial charge in [-0.25, -0.2) is 9.99 Å². The summed E-state index contributed by atoms with van der Waals surface area (Å²) in [6.07, 6.45) is 10.0. The number of aliphatic imine (C=N–C) groups is 1. The maximum atomic E-state index is 12.9. The van der Waals surface area contributed by atoms with E-state index >= 15 is 0 Å². The molecule has 0 saturated carbocycles. The van der Waals surface area contributed by atoms with Crippen LogP contribution in [-0.4, -0.2) is 38.7 Å². The number of hydrogen-bond donors (Lipinski definition) is 2. The van der Waals surface area contributed by atoms with Gasteiger partial charge in [0.25, 0.3) is 5.56 Å². The fraction of sp³-hybridized carbons (Fsp3) is 0.250. The molecule has 0 fully saturated rings. The van der Waals surface area contributed by atoms with Crippen LogP contribution in [0.1, 0.15) is 24.4 Å². The molecule has 0 spiro atoms. The van der Waals surface area contributed by atoms with E-state index in [0.717, 1.165) is 0 Å². The highest BCUT2D eigenvalue weighted by Crippen LogP contribution is 2.25. The minimum absolute atomic E-state index is 0.183. The van der Waals surface area contributed by atoms with Gasteiger partial charge in [-0.15, -0.1) is 6.42 Å². The molecule has 0 bridgehead atoms. The van der Waals surface area contributed by atoms with Crippen LogP contribution in [-0.2, 0) is 11.8 Å². The number of terminal acetylenes is 1. The van der Waals surface area contributed by atoms with E-state index < -0.39 is 18.1 Å². The maximum Gasteiger partial charge on any atom is 0.262 e. The summed E-state index contributed by atoms with van der Waals surface area (Å²) >= 11 is 0. The average molecular weight is 389 g/mol. The smallest absolute Gasteiger partial charge is 0.262 e. The van der Waals surface area contributed by atoms with Crippen LogP contribution in [0.4, 0.5) is 0 Å². The van der Waals surface area contributed by atoms with Crippen molar-refractivity contribution in [1.82, 2.24) is 19.9 Å². The van der Waals surface area contributed by atoms with Crippen molar-refractivity contribution in [2.75, 3.05) is 0 Å². The van der Waals surface area contributed by atoms with E-state index in [1.165, 1.54) is 4.57 Å². The zero-order chi connectivity index (χ0) is 20.7. The number of allylic oxidation sites excluding steroid dienone is 1. The molecular weight excluding hydrogens is 370 g/mol. The second-order valence-electron chi connectivity index (χ2n) is 6.84. The minimum atomic E-state index is -0.732. The number of rotatable bonds is 3. The predicted octanol–water partition coefficient (Wildman–Crippen LogP) is 0.220. The first kappa shape index (κ1) is 18.4. The molecule has 2 aromatic rings. The third-order valence-electron chi connectivity index (χ3n) is 5.01. The number of fused-ring (bicyclic) bond motifs is 2. The summed E-state index contributed by atoms with van der Waals surface area (Å²) in [6, 6.07) is 4.61. The Bertz CT molecular complexity index is 1200. The van der Waals surface area contributed by atoms with Crippen LogP contribution < -0.4 is 16.6 Å². The van der Waals surface area contributed by atoms with Crippen molar-refractivity contribution >= 4 is 28.9 Å². The maximum absolute atomic E-state index is 12.9. The van der Waals surface area contributed by atoms with Gasteiger partial charge in [0.1, 0.15) is 17.6 Å². The molecule has 1 amide bonds. The fourth-order valence-corrected chi connectivity index (χ4v) is 3.57. The van der Waals surface area contributed by atoms with Crippen molar-refractivity contribution in [3.05, 3.63) is 52.2 Å². The highest BCUT2D eigenvalue weighted by atomic mass is 16.2. The molecular formula is C20H19N7O2. The van der Waals surface area contributed by atoms with E-state index in [0.29, 0.717) is 22.3 Å². The summed E-state index contributed by atoms with van der Waals surface area (Å²) in [4.78, 5) is 34.6. The number of amidine groups is 1. The molecule has 2 unspecified atom stereocenters. The largest absolute Gasteiger partial charge is 0.385 e. The topological polar surface area (TPSA) is 118 Å². The third kappa shape index (κ3) is 2.95. The molecule has 0 aliphatic carbocycles. The molecule has 2 aliphatic heterocycles. The summed E-state index contributed by atoms with van der Waals surface area (Å²) in [5, 5.41) is 8.97. The van der Waals surface area contributed by atoms with Gasteiger partial charge < -0.3 is 11.1 Å². The van der Waals surface area contributed by atoms with Crippen LogP contribution in [0.2, 0.25) is 0 Å². The standard InChI is InChI=1S/C20H19N7O2/c1-4-12-7-5-8-13-14(12)20(29)26(3)17(24-13)11(2)23-19(28)15-16(21)25-27-10-6-9-22-18(15)27/h1,5-11,15,18H,2-3H3,(H2,21,25)(H,23,28)/t11-,15?,18?/m0/s1. The van der Waals surface area contributed by atoms with E-state index in [9.17, 15) is 9.59 Å². The SMILES string of the molecule is C#Cc1cccc2nc([C@H](C)NC(=O)C3C(N)=NN4C=CC=NC34)n(C)c(=O)c12. The zero-order valence-electron chi connectivity index (χ0n) is 15.9. The monoisotopic (exact) mass is 389 g/mol. The lowest BCUT2D eigenvalue weighted by Gasteiger charge is -2.24. The van der Waals surface area contributed by atoms with Gasteiger partial charge in [-0.3, -0.25) is 19.1 Å². The van der Waals surface area contributed by atoms with Gasteiger partial charge in [0.15, 0.2) is 6.17 Å². The number of aromatic nitrogens is 2. The van der Waals surface area contributed by atoms with Crippen LogP contribution in [0.5, 0.6) is 0 Å². The first-order chi connectivity index (χ1) is 13.9. The highest BCUT2D eigenvalue weighted by Gasteiger charge is 2.41. The summed E-state index contributed by atoms with van der Waals surface area (Å²) in [7, 11) is 1.60. The molecule has 3 heterocycles. The van der Waals surface area contributed by atoms with Gasteiger partial charge >= 0.3 is 0 Å². The van der Waals surface area contributed by atoms with E-state index in [1.807, 2.05) is 0 Å². The van der Waals surface area contributed by atoms with E-state index in [-0.39, 0.29) is 17.3 Å². The number of hydrogen-bond acceptors (Lipinski definition) is 7. The summed E-state index contributed by atoms with van der Waals surface area (Å²) in [5.41, 5.74) is 6.66. The molecule has 3 N–H and O–H groups in total. The van der Waals surface area contributed by atoms with Crippen molar-refractivity contribution < 1.29 is 4.79 Å². The zero-order valence-corrected chi connectivity index (χ0v) is 15.9. The van der Waals surface area contributed by atoms with Gasteiger partial charge in [0, 0.05) is 25.0 Å². The molecule has 0 radical (unpaired) electrons. The van der Waals surface area contributed by atoms with Crippen molar-refractivity contribution in [2.45, 2.75) is 19.1 Å². The van der Waals surface area contributed by atoms with Crippen LogP contribution in [0.25, 0.3) is 10.9 Å². The van der Waals surface area contributed by atoms with Gasteiger partial charge in [0.2, 0.25) is 5.91 Å². The van der Waals surface area contributed by atoms with E-state index in [1.54, 1.807) is 55.7 Å². The lowest BCUT2D eigenvalue weighted by Crippen LogP contribution is -2.45. The summed E-state index contributed by atoms with van der Waals surface area (Å²) < 4.78 is 1.40. The Hall–Kier alpha value is -3.93. The van der Waals surface area contributed by atoms with Crippen LogP contribution in [0.3, 0.4) is 0 Å². The summed E-state index contributed by atoms with van der Waals surface area (Å²) in [5.74, 6) is 2.03. The number of nitrogens with one attached hydrogen (secondary N) is 1. The molecule has 146 valence electrons. The van der Waals surface area contributed by atoms with Gasteiger partial charge in [0.05, 0.1) is 16.9 Å². The van der Waals surface area contributed by atoms with Crippen LogP contribution in [0.15, 0.2) is 45.4 Å². The van der Waals surface area contributed by atoms with Crippen LogP contribution >= 0.6 is 0 Å². The number of nitrogens with two attached hydrogens (primary N) is 1. The van der Waals surface area contributed by atoms with Gasteiger partial charge in [-0.05, 0) is 25.1 Å². The number of carbonyl (C=O) groups excluding carboxylic acids is 1. The van der Waals surface area contributed by atoms with Gasteiger partial charge in [-0.1, -0.05) is 12.0 Å². The van der Waals surface area contributed by atoms with Crippen molar-refractivity contribution in [3.63, 3.8) is 0 Å². The number of nitrogens with zero attached hydrogens (tertiary/aromatic N) is 5. The Labute approximate surface area is 166 Å². The molecule has 1 aromatic heterocycles. The second kappa shape index (κ2) is 6.91. The Balaban J connectivity index is 1.65. The van der Waals surface area contributed by atoms with Crippen molar-refractivity contribution in [3.8, 4) is 12.3 Å². The Morgan fingerprint density at radius 3 is 2.97 bits per heavy atom. The number of amides is 1. The molecule has 4 rings (SSSR count). The lowest BCUT2D eigenvalue weighted by molar-refractivity contribution is -0.124. The summed E-state index contributed by atoms with van der Waals surface area (Å²) in [6.45, 7) is 1.75. The number of benzene rings is 1. The first-order valence-electron chi connectivity index (χ1n) is 9.01. The Morgan fingerprint density at radius 2 is 2.21 bits per heavy atom. The van der Waals surface area contributed by atoms with Crippen molar-refractivity contribution in [1.29, 1.82) is 0 Å². The average Bonchev–Trinajstić information content (AvgIpc) is 3.05. The first-order valence-corrected chi connectivity index (χ1v) is 9.01. The minimum Gasteiger partial charge on any atom is -0.385 e. The molecule has 29 heavy (non-hydrogen) atoms. The Morgan fingerprint density at radius 1 is 1.41 bits per heavy atom. The molecule has 0 saturated heterocycles. The molecule has 3 atom stereocenters. The van der Waals surface area contributed by atoms with E-state index in [2.05, 4.69) is 26.3 Å². The van der Waals surface area contributed by atoms with Crippen molar-refractivity contribution in [2.24, 2.45) is 28.8 Å². The quantitative estimate of drug-likeness (QED) is 0.728. The van der Waals surface area contributed by atoms with Crippen LogP contribution in [0, 0.1) is 18.3 Å². The Kier molecular flexibility index (Phi) is 4.39. The highest BCUT2D eigenvalue weighted by molar-refractivity contribution is 6.04. The normalized spacial score (nSPS) is 20.9. The van der Waals surface area contributed by atoms with Gasteiger partial charge in [-0.2, -0.15) is 5.10 Å².